The van der Waals surface area contributed by atoms with Gasteiger partial charge in [0.15, 0.2) is 0 Å². The first kappa shape index (κ1) is 17.5. The van der Waals surface area contributed by atoms with Gasteiger partial charge in [-0.2, -0.15) is 0 Å². The highest BCUT2D eigenvalue weighted by Gasteiger charge is 2.15. The van der Waals surface area contributed by atoms with E-state index in [1.807, 2.05) is 0 Å². The number of hydrogen-bond donors (Lipinski definition) is 0. The average Bonchev–Trinajstić information content (AvgIpc) is 2.48. The Morgan fingerprint density at radius 3 is 1.12 bits per heavy atom. The lowest BCUT2D eigenvalue weighted by Gasteiger charge is -2.19. The minimum absolute atomic E-state index is 1.33. The quantitative estimate of drug-likeness (QED) is 0.467. The van der Waals surface area contributed by atoms with E-state index >= 15 is 0 Å². The molecule has 0 saturated heterocycles. The summed E-state index contributed by atoms with van der Waals surface area (Å²) in [6, 6.07) is 15.9. The van der Waals surface area contributed by atoms with Crippen molar-refractivity contribution in [3.8, 4) is 22.3 Å². The molecule has 3 aromatic rings. The molecule has 0 radical (unpaired) electrons. The molecule has 0 unspecified atom stereocenters. The Balaban J connectivity index is 2.28. The van der Waals surface area contributed by atoms with Crippen molar-refractivity contribution in [3.05, 3.63) is 81.4 Å². The van der Waals surface area contributed by atoms with Crippen molar-refractivity contribution >= 4 is 0 Å². The molecule has 0 atom stereocenters. The molecule has 0 aliphatic rings. The van der Waals surface area contributed by atoms with Crippen LogP contribution in [-0.2, 0) is 0 Å². The third-order valence-electron chi connectivity index (χ3n) is 5.23. The first-order valence-corrected chi connectivity index (χ1v) is 9.05. The molecule has 128 valence electrons. The molecule has 0 saturated carbocycles. The molecule has 0 aliphatic carbocycles. The summed E-state index contributed by atoms with van der Waals surface area (Å²) >= 11 is 0. The van der Waals surface area contributed by atoms with Gasteiger partial charge in [-0.25, -0.2) is 0 Å². The second kappa shape index (κ2) is 6.52. The van der Waals surface area contributed by atoms with Crippen LogP contribution in [0.5, 0.6) is 0 Å². The Labute approximate surface area is 152 Å². The highest BCUT2D eigenvalue weighted by atomic mass is 14.2. The SMILES string of the molecule is Cc1cc(C)c(-c2cccc(-c3c(C)cc(C)cc3C)c2C)c(C)c1. The molecule has 0 bridgehead atoms. The zero-order chi connectivity index (χ0) is 18.3. The van der Waals surface area contributed by atoms with Gasteiger partial charge in [-0.05, 0) is 98.5 Å². The van der Waals surface area contributed by atoms with Gasteiger partial charge in [0.1, 0.15) is 0 Å². The second-order valence-corrected chi connectivity index (χ2v) is 7.53. The summed E-state index contributed by atoms with van der Waals surface area (Å²) in [6.45, 7) is 15.5. The van der Waals surface area contributed by atoms with Crippen LogP contribution >= 0.6 is 0 Å². The minimum Gasteiger partial charge on any atom is -0.0610 e. The summed E-state index contributed by atoms with van der Waals surface area (Å²) in [5.41, 5.74) is 14.9. The van der Waals surface area contributed by atoms with E-state index in [1.54, 1.807) is 0 Å². The fraction of sp³-hybridized carbons (Fsp3) is 0.280. The summed E-state index contributed by atoms with van der Waals surface area (Å²) in [7, 11) is 0. The van der Waals surface area contributed by atoms with E-state index < -0.39 is 0 Å². The van der Waals surface area contributed by atoms with E-state index in [4.69, 9.17) is 0 Å². The zero-order valence-corrected chi connectivity index (χ0v) is 16.5. The molecule has 0 fully saturated rings. The van der Waals surface area contributed by atoms with Gasteiger partial charge in [0.05, 0.1) is 0 Å². The maximum Gasteiger partial charge on any atom is -0.0122 e. The number of hydrogen-bond acceptors (Lipinski definition) is 0. The van der Waals surface area contributed by atoms with E-state index in [1.165, 1.54) is 61.2 Å². The van der Waals surface area contributed by atoms with Crippen LogP contribution in [0, 0.1) is 48.5 Å². The largest absolute Gasteiger partial charge is 0.0610 e. The lowest BCUT2D eigenvalue weighted by atomic mass is 9.85. The number of aryl methyl sites for hydroxylation is 6. The molecule has 0 heteroatoms. The molecule has 0 amide bonds. The molecule has 0 nitrogen and oxygen atoms in total. The zero-order valence-electron chi connectivity index (χ0n) is 16.5. The van der Waals surface area contributed by atoms with Crippen LogP contribution in [0.3, 0.4) is 0 Å². The predicted molar refractivity (Wildman–Crippen MR) is 110 cm³/mol. The predicted octanol–water partition coefficient (Wildman–Crippen LogP) is 7.18. The van der Waals surface area contributed by atoms with Gasteiger partial charge in [0.2, 0.25) is 0 Å². The fourth-order valence-corrected chi connectivity index (χ4v) is 4.39. The first-order chi connectivity index (χ1) is 11.8. The van der Waals surface area contributed by atoms with Crippen molar-refractivity contribution in [1.82, 2.24) is 0 Å². The number of benzene rings is 3. The molecule has 0 N–H and O–H groups in total. The van der Waals surface area contributed by atoms with Gasteiger partial charge in [-0.1, -0.05) is 53.6 Å². The average molecular weight is 328 g/mol. The third kappa shape index (κ3) is 3.14. The van der Waals surface area contributed by atoms with Gasteiger partial charge in [-0.3, -0.25) is 0 Å². The Kier molecular flexibility index (Phi) is 4.56. The van der Waals surface area contributed by atoms with Gasteiger partial charge in [0, 0.05) is 0 Å². The monoisotopic (exact) mass is 328 g/mol. The van der Waals surface area contributed by atoms with Crippen molar-refractivity contribution in [2.24, 2.45) is 0 Å². The lowest BCUT2D eigenvalue weighted by molar-refractivity contribution is 1.29. The molecule has 3 aromatic carbocycles. The summed E-state index contributed by atoms with van der Waals surface area (Å²) in [4.78, 5) is 0. The molecule has 3 rings (SSSR count). The van der Waals surface area contributed by atoms with Crippen LogP contribution < -0.4 is 0 Å². The van der Waals surface area contributed by atoms with Crippen LogP contribution in [0.1, 0.15) is 38.9 Å². The number of rotatable bonds is 2. The second-order valence-electron chi connectivity index (χ2n) is 7.53. The van der Waals surface area contributed by atoms with Crippen LogP contribution in [0.25, 0.3) is 22.3 Å². The van der Waals surface area contributed by atoms with Gasteiger partial charge in [-0.15, -0.1) is 0 Å². The van der Waals surface area contributed by atoms with E-state index in [-0.39, 0.29) is 0 Å². The van der Waals surface area contributed by atoms with Crippen molar-refractivity contribution in [2.75, 3.05) is 0 Å². The maximum absolute atomic E-state index is 2.29. The van der Waals surface area contributed by atoms with Crippen LogP contribution in [0.15, 0.2) is 42.5 Å². The van der Waals surface area contributed by atoms with Gasteiger partial charge in [0.25, 0.3) is 0 Å². The Hall–Kier alpha value is -2.34. The third-order valence-corrected chi connectivity index (χ3v) is 5.23. The Bertz CT molecular complexity index is 836. The van der Waals surface area contributed by atoms with Crippen molar-refractivity contribution < 1.29 is 0 Å². The van der Waals surface area contributed by atoms with E-state index in [2.05, 4.69) is 90.9 Å². The normalized spacial score (nSPS) is 11.0. The van der Waals surface area contributed by atoms with Crippen molar-refractivity contribution in [3.63, 3.8) is 0 Å². The molecular weight excluding hydrogens is 300 g/mol. The van der Waals surface area contributed by atoms with Gasteiger partial charge < -0.3 is 0 Å². The molecular formula is C25H28. The van der Waals surface area contributed by atoms with E-state index in [0.717, 1.165) is 0 Å². The molecule has 0 aromatic heterocycles. The standard InChI is InChI=1S/C25H28/c1-15-11-17(3)24(18(4)12-15)22-9-8-10-23(21(22)7)25-19(5)13-16(2)14-20(25)6/h8-14H,1-7H3. The van der Waals surface area contributed by atoms with Crippen molar-refractivity contribution in [1.29, 1.82) is 0 Å². The fourth-order valence-electron chi connectivity index (χ4n) is 4.39. The first-order valence-electron chi connectivity index (χ1n) is 9.05. The Morgan fingerprint density at radius 2 is 0.800 bits per heavy atom. The lowest BCUT2D eigenvalue weighted by Crippen LogP contribution is -1.97. The summed E-state index contributed by atoms with van der Waals surface area (Å²) in [5.74, 6) is 0. The van der Waals surface area contributed by atoms with Crippen LogP contribution in [-0.4, -0.2) is 0 Å². The molecule has 0 heterocycles. The van der Waals surface area contributed by atoms with E-state index in [9.17, 15) is 0 Å². The smallest absolute Gasteiger partial charge is 0.0122 e. The molecule has 25 heavy (non-hydrogen) atoms. The van der Waals surface area contributed by atoms with Crippen molar-refractivity contribution in [2.45, 2.75) is 48.5 Å². The topological polar surface area (TPSA) is 0 Å². The summed E-state index contributed by atoms with van der Waals surface area (Å²) in [5, 5.41) is 0. The minimum atomic E-state index is 1.33. The molecule has 0 spiro atoms. The summed E-state index contributed by atoms with van der Waals surface area (Å²) in [6.07, 6.45) is 0. The molecule has 0 aliphatic heterocycles. The van der Waals surface area contributed by atoms with E-state index in [0.29, 0.717) is 0 Å². The highest BCUT2D eigenvalue weighted by molar-refractivity contribution is 5.83. The highest BCUT2D eigenvalue weighted by Crippen LogP contribution is 2.38. The summed E-state index contributed by atoms with van der Waals surface area (Å²) < 4.78 is 0. The maximum atomic E-state index is 2.29. The van der Waals surface area contributed by atoms with Gasteiger partial charge >= 0.3 is 0 Å². The Morgan fingerprint density at radius 1 is 0.480 bits per heavy atom. The van der Waals surface area contributed by atoms with Crippen LogP contribution in [0.2, 0.25) is 0 Å². The van der Waals surface area contributed by atoms with Crippen LogP contribution in [0.4, 0.5) is 0 Å².